The first-order valence-corrected chi connectivity index (χ1v) is 8.86. The van der Waals surface area contributed by atoms with Crippen LogP contribution in [-0.4, -0.2) is 43.3 Å². The van der Waals surface area contributed by atoms with Crippen molar-refractivity contribution < 1.29 is 14.2 Å². The second-order valence-electron chi connectivity index (χ2n) is 6.45. The number of hydrogen-bond acceptors (Lipinski definition) is 4. The minimum Gasteiger partial charge on any atom is -0.504 e. The Hall–Kier alpha value is -2.53. The predicted octanol–water partition coefficient (Wildman–Crippen LogP) is 3.90. The standard InChI is InChI=1S/C21H25FN2O2/c1-3-6-16-13-17(21(25)20(14-16)26-2)15-23-9-11-24(12-10-23)19-8-5-4-7-18(19)22/h3-8,13-14,25H,9-12,15H2,1-2H3/b6-3+. The molecule has 1 heterocycles. The summed E-state index contributed by atoms with van der Waals surface area (Å²) in [5, 5.41) is 10.4. The Labute approximate surface area is 154 Å². The number of benzene rings is 2. The van der Waals surface area contributed by atoms with Gasteiger partial charge in [0.25, 0.3) is 0 Å². The van der Waals surface area contributed by atoms with Crippen LogP contribution in [0.5, 0.6) is 11.5 Å². The van der Waals surface area contributed by atoms with Gasteiger partial charge in [-0.05, 0) is 36.8 Å². The summed E-state index contributed by atoms with van der Waals surface area (Å²) in [7, 11) is 1.56. The van der Waals surface area contributed by atoms with E-state index in [0.29, 0.717) is 18.0 Å². The topological polar surface area (TPSA) is 35.9 Å². The lowest BCUT2D eigenvalue weighted by atomic mass is 10.1. The number of anilines is 1. The van der Waals surface area contributed by atoms with Crippen LogP contribution in [0.2, 0.25) is 0 Å². The molecule has 0 amide bonds. The molecule has 0 spiro atoms. The summed E-state index contributed by atoms with van der Waals surface area (Å²) in [6.45, 7) is 5.73. The Bertz CT molecular complexity index is 784. The van der Waals surface area contributed by atoms with E-state index in [9.17, 15) is 9.50 Å². The molecule has 26 heavy (non-hydrogen) atoms. The fourth-order valence-electron chi connectivity index (χ4n) is 3.35. The predicted molar refractivity (Wildman–Crippen MR) is 103 cm³/mol. The van der Waals surface area contributed by atoms with Gasteiger partial charge in [-0.1, -0.05) is 24.3 Å². The van der Waals surface area contributed by atoms with Crippen molar-refractivity contribution in [2.75, 3.05) is 38.2 Å². The highest BCUT2D eigenvalue weighted by Crippen LogP contribution is 2.33. The fourth-order valence-corrected chi connectivity index (χ4v) is 3.35. The summed E-state index contributed by atoms with van der Waals surface area (Å²) in [6, 6.07) is 10.7. The van der Waals surface area contributed by atoms with Crippen molar-refractivity contribution in [1.82, 2.24) is 4.90 Å². The van der Waals surface area contributed by atoms with Crippen LogP contribution >= 0.6 is 0 Å². The maximum Gasteiger partial charge on any atom is 0.162 e. The molecule has 1 fully saturated rings. The smallest absolute Gasteiger partial charge is 0.162 e. The maximum absolute atomic E-state index is 14.0. The molecule has 1 N–H and O–H groups in total. The van der Waals surface area contributed by atoms with Gasteiger partial charge in [-0.25, -0.2) is 4.39 Å². The molecule has 0 aromatic heterocycles. The molecule has 0 bridgehead atoms. The number of piperazine rings is 1. The van der Waals surface area contributed by atoms with E-state index in [1.165, 1.54) is 6.07 Å². The SMILES string of the molecule is C/C=C/c1cc(CN2CCN(c3ccccc3F)CC2)c(O)c(OC)c1. The van der Waals surface area contributed by atoms with E-state index in [-0.39, 0.29) is 11.6 Å². The van der Waals surface area contributed by atoms with E-state index < -0.39 is 0 Å². The van der Waals surface area contributed by atoms with Gasteiger partial charge < -0.3 is 14.7 Å². The number of para-hydroxylation sites is 1. The van der Waals surface area contributed by atoms with Crippen LogP contribution in [0.25, 0.3) is 6.08 Å². The number of ether oxygens (including phenoxy) is 1. The zero-order chi connectivity index (χ0) is 18.5. The molecule has 2 aromatic carbocycles. The summed E-state index contributed by atoms with van der Waals surface area (Å²) >= 11 is 0. The van der Waals surface area contributed by atoms with Crippen LogP contribution in [0, 0.1) is 5.82 Å². The van der Waals surface area contributed by atoms with Crippen LogP contribution in [0.4, 0.5) is 10.1 Å². The number of halogens is 1. The molecule has 0 saturated carbocycles. The molecule has 2 aromatic rings. The summed E-state index contributed by atoms with van der Waals surface area (Å²) in [5.74, 6) is 0.500. The Morgan fingerprint density at radius 2 is 1.88 bits per heavy atom. The van der Waals surface area contributed by atoms with Crippen LogP contribution in [0.1, 0.15) is 18.1 Å². The molecule has 1 saturated heterocycles. The number of allylic oxidation sites excluding steroid dienone is 1. The van der Waals surface area contributed by atoms with Gasteiger partial charge >= 0.3 is 0 Å². The third-order valence-corrected chi connectivity index (χ3v) is 4.71. The van der Waals surface area contributed by atoms with Crippen LogP contribution < -0.4 is 9.64 Å². The lowest BCUT2D eigenvalue weighted by molar-refractivity contribution is 0.245. The number of aromatic hydroxyl groups is 1. The molecule has 0 aliphatic carbocycles. The lowest BCUT2D eigenvalue weighted by Crippen LogP contribution is -2.46. The van der Waals surface area contributed by atoms with Gasteiger partial charge in [0, 0.05) is 38.3 Å². The van der Waals surface area contributed by atoms with Gasteiger partial charge in [0.2, 0.25) is 0 Å². The van der Waals surface area contributed by atoms with E-state index in [1.807, 2.05) is 43.3 Å². The quantitative estimate of drug-likeness (QED) is 0.882. The van der Waals surface area contributed by atoms with E-state index >= 15 is 0 Å². The zero-order valence-corrected chi connectivity index (χ0v) is 15.3. The Morgan fingerprint density at radius 3 is 2.54 bits per heavy atom. The van der Waals surface area contributed by atoms with Gasteiger partial charge in [-0.3, -0.25) is 4.90 Å². The molecule has 3 rings (SSSR count). The van der Waals surface area contributed by atoms with E-state index in [1.54, 1.807) is 13.2 Å². The van der Waals surface area contributed by atoms with Crippen molar-refractivity contribution in [3.63, 3.8) is 0 Å². The average molecular weight is 356 g/mol. The lowest BCUT2D eigenvalue weighted by Gasteiger charge is -2.36. The largest absolute Gasteiger partial charge is 0.504 e. The van der Waals surface area contributed by atoms with Crippen molar-refractivity contribution in [2.45, 2.75) is 13.5 Å². The van der Waals surface area contributed by atoms with Crippen molar-refractivity contribution >= 4 is 11.8 Å². The molecular weight excluding hydrogens is 331 g/mol. The first-order chi connectivity index (χ1) is 12.6. The minimum atomic E-state index is -0.178. The third-order valence-electron chi connectivity index (χ3n) is 4.71. The molecule has 5 heteroatoms. The highest BCUT2D eigenvalue weighted by atomic mass is 19.1. The highest BCUT2D eigenvalue weighted by molar-refractivity contribution is 5.58. The van der Waals surface area contributed by atoms with Gasteiger partial charge in [0.05, 0.1) is 12.8 Å². The highest BCUT2D eigenvalue weighted by Gasteiger charge is 2.21. The fraction of sp³-hybridized carbons (Fsp3) is 0.333. The van der Waals surface area contributed by atoms with E-state index in [2.05, 4.69) is 9.80 Å². The van der Waals surface area contributed by atoms with Gasteiger partial charge in [0.15, 0.2) is 11.5 Å². The van der Waals surface area contributed by atoms with Crippen LogP contribution in [0.15, 0.2) is 42.5 Å². The average Bonchev–Trinajstić information content (AvgIpc) is 2.65. The van der Waals surface area contributed by atoms with Gasteiger partial charge in [-0.15, -0.1) is 0 Å². The first kappa shape index (κ1) is 18.3. The molecule has 0 radical (unpaired) electrons. The Kier molecular flexibility index (Phi) is 5.78. The summed E-state index contributed by atoms with van der Waals surface area (Å²) in [4.78, 5) is 4.34. The summed E-state index contributed by atoms with van der Waals surface area (Å²) in [5.41, 5.74) is 2.51. The molecule has 4 nitrogen and oxygen atoms in total. The summed E-state index contributed by atoms with van der Waals surface area (Å²) in [6.07, 6.45) is 3.95. The molecule has 138 valence electrons. The number of phenols is 1. The van der Waals surface area contributed by atoms with Gasteiger partial charge in [-0.2, -0.15) is 0 Å². The number of hydrogen-bond donors (Lipinski definition) is 1. The number of methoxy groups -OCH3 is 1. The Morgan fingerprint density at radius 1 is 1.15 bits per heavy atom. The van der Waals surface area contributed by atoms with Crippen LogP contribution in [0.3, 0.4) is 0 Å². The minimum absolute atomic E-state index is 0.178. The van der Waals surface area contributed by atoms with Crippen molar-refractivity contribution in [2.24, 2.45) is 0 Å². The molecule has 1 aliphatic rings. The van der Waals surface area contributed by atoms with Crippen molar-refractivity contribution in [3.8, 4) is 11.5 Å². The molecule has 0 atom stereocenters. The molecular formula is C21H25FN2O2. The maximum atomic E-state index is 14.0. The van der Waals surface area contributed by atoms with Gasteiger partial charge in [0.1, 0.15) is 5.82 Å². The molecule has 1 aliphatic heterocycles. The molecule has 0 unspecified atom stereocenters. The van der Waals surface area contributed by atoms with E-state index in [4.69, 9.17) is 4.74 Å². The third kappa shape index (κ3) is 3.99. The summed E-state index contributed by atoms with van der Waals surface area (Å²) < 4.78 is 19.3. The number of phenolic OH excluding ortho intramolecular Hbond substituents is 1. The number of nitrogens with zero attached hydrogens (tertiary/aromatic N) is 2. The Balaban J connectivity index is 1.70. The zero-order valence-electron chi connectivity index (χ0n) is 15.3. The second-order valence-corrected chi connectivity index (χ2v) is 6.45. The second kappa shape index (κ2) is 8.23. The number of rotatable bonds is 5. The van der Waals surface area contributed by atoms with E-state index in [0.717, 1.165) is 37.3 Å². The van der Waals surface area contributed by atoms with Crippen LogP contribution in [-0.2, 0) is 6.54 Å². The first-order valence-electron chi connectivity index (χ1n) is 8.86. The normalized spacial score (nSPS) is 15.6. The van der Waals surface area contributed by atoms with Crippen molar-refractivity contribution in [1.29, 1.82) is 0 Å². The monoisotopic (exact) mass is 356 g/mol. The van der Waals surface area contributed by atoms with Crippen molar-refractivity contribution in [3.05, 3.63) is 59.4 Å².